The zero-order valence-corrected chi connectivity index (χ0v) is 14.2. The summed E-state index contributed by atoms with van der Waals surface area (Å²) in [7, 11) is 0. The number of unbranched alkanes of at least 4 members (excludes halogenated alkanes) is 3. The molecule has 1 nitrogen and oxygen atoms in total. The van der Waals surface area contributed by atoms with Gasteiger partial charge in [-0.2, -0.15) is 0 Å². The van der Waals surface area contributed by atoms with Gasteiger partial charge in [0.05, 0.1) is 0 Å². The molecule has 0 saturated carbocycles. The minimum Gasteiger partial charge on any atom is -0.300 e. The molecule has 2 rings (SSSR count). The Labute approximate surface area is 135 Å². The lowest BCUT2D eigenvalue weighted by Crippen LogP contribution is -2.37. The highest BCUT2D eigenvalue weighted by Gasteiger charge is 2.20. The molecule has 1 unspecified atom stereocenters. The van der Waals surface area contributed by atoms with E-state index < -0.39 is 0 Å². The number of benzene rings is 1. The van der Waals surface area contributed by atoms with Gasteiger partial charge < -0.3 is 4.90 Å². The van der Waals surface area contributed by atoms with Crippen LogP contribution in [0.1, 0.15) is 63.9 Å². The van der Waals surface area contributed by atoms with Crippen molar-refractivity contribution in [3.8, 4) is 0 Å². The van der Waals surface area contributed by atoms with E-state index in [9.17, 15) is 0 Å². The summed E-state index contributed by atoms with van der Waals surface area (Å²) in [5.74, 6) is 0. The summed E-state index contributed by atoms with van der Waals surface area (Å²) in [6, 6.07) is 9.18. The molecule has 0 aromatic heterocycles. The van der Waals surface area contributed by atoms with Gasteiger partial charge in [-0.05, 0) is 56.5 Å². The van der Waals surface area contributed by atoms with Gasteiger partial charge in [-0.1, -0.05) is 62.8 Å². The minimum absolute atomic E-state index is 0.732. The average Bonchev–Trinajstić information content (AvgIpc) is 2.71. The molecule has 21 heavy (non-hydrogen) atoms. The Morgan fingerprint density at radius 3 is 2.62 bits per heavy atom. The smallest absolute Gasteiger partial charge is 0.0406 e. The third-order valence-corrected chi connectivity index (χ3v) is 4.93. The molecule has 0 spiro atoms. The number of halogens is 1. The molecule has 1 aromatic carbocycles. The third-order valence-electron chi connectivity index (χ3n) is 4.68. The fraction of sp³-hybridized carbons (Fsp3) is 0.684. The fourth-order valence-electron chi connectivity index (χ4n) is 3.40. The Balaban J connectivity index is 1.90. The van der Waals surface area contributed by atoms with E-state index in [0.29, 0.717) is 0 Å². The lowest BCUT2D eigenvalue weighted by molar-refractivity contribution is 0.194. The molecule has 1 saturated heterocycles. The Morgan fingerprint density at radius 1 is 1.05 bits per heavy atom. The van der Waals surface area contributed by atoms with Crippen molar-refractivity contribution in [2.45, 2.75) is 70.8 Å². The van der Waals surface area contributed by atoms with Crippen molar-refractivity contribution in [1.29, 1.82) is 0 Å². The molecule has 118 valence electrons. The van der Waals surface area contributed by atoms with Crippen LogP contribution in [0.4, 0.5) is 0 Å². The first-order valence-corrected chi connectivity index (χ1v) is 9.16. The van der Waals surface area contributed by atoms with Crippen LogP contribution in [-0.4, -0.2) is 24.0 Å². The highest BCUT2D eigenvalue weighted by Crippen LogP contribution is 2.22. The van der Waals surface area contributed by atoms with E-state index in [4.69, 9.17) is 11.6 Å². The van der Waals surface area contributed by atoms with Crippen LogP contribution in [0, 0.1) is 0 Å². The van der Waals surface area contributed by atoms with E-state index in [1.54, 1.807) is 0 Å². The summed E-state index contributed by atoms with van der Waals surface area (Å²) in [5, 5.41) is 0.844. The van der Waals surface area contributed by atoms with Crippen molar-refractivity contribution in [3.63, 3.8) is 0 Å². The molecule has 2 heteroatoms. The number of likely N-dealkylation sites (tertiary alicyclic amines) is 1. The number of hydrogen-bond acceptors (Lipinski definition) is 1. The van der Waals surface area contributed by atoms with E-state index >= 15 is 0 Å². The van der Waals surface area contributed by atoms with Crippen molar-refractivity contribution in [3.05, 3.63) is 34.9 Å². The van der Waals surface area contributed by atoms with Gasteiger partial charge in [-0.15, -0.1) is 0 Å². The second-order valence-electron chi connectivity index (χ2n) is 6.43. The Morgan fingerprint density at radius 2 is 1.86 bits per heavy atom. The molecule has 1 fully saturated rings. The summed E-state index contributed by atoms with van der Waals surface area (Å²) in [5.41, 5.74) is 1.44. The maximum absolute atomic E-state index is 6.00. The zero-order chi connectivity index (χ0) is 14.9. The van der Waals surface area contributed by atoms with E-state index in [-0.39, 0.29) is 0 Å². The van der Waals surface area contributed by atoms with Gasteiger partial charge in [0.15, 0.2) is 0 Å². The predicted molar refractivity (Wildman–Crippen MR) is 93.1 cm³/mol. The molecular formula is C19H30ClN. The van der Waals surface area contributed by atoms with Crippen LogP contribution in [0.3, 0.4) is 0 Å². The highest BCUT2D eigenvalue weighted by atomic mass is 35.5. The normalized spacial score (nSPS) is 20.4. The monoisotopic (exact) mass is 307 g/mol. The maximum Gasteiger partial charge on any atom is 0.0406 e. The second-order valence-corrected chi connectivity index (χ2v) is 6.87. The molecule has 0 aliphatic carbocycles. The van der Waals surface area contributed by atoms with Crippen molar-refractivity contribution in [2.24, 2.45) is 0 Å². The van der Waals surface area contributed by atoms with Crippen LogP contribution in [0.25, 0.3) is 0 Å². The topological polar surface area (TPSA) is 3.24 Å². The van der Waals surface area contributed by atoms with Crippen LogP contribution in [0.2, 0.25) is 5.02 Å². The van der Waals surface area contributed by atoms with E-state index in [0.717, 1.165) is 11.1 Å². The minimum atomic E-state index is 0.732. The molecule has 1 aliphatic rings. The summed E-state index contributed by atoms with van der Waals surface area (Å²) in [4.78, 5) is 2.76. The molecule has 0 bridgehead atoms. The molecule has 1 aromatic rings. The van der Waals surface area contributed by atoms with Crippen molar-refractivity contribution < 1.29 is 0 Å². The molecule has 0 amide bonds. The summed E-state index contributed by atoms with van der Waals surface area (Å²) >= 11 is 6.00. The SMILES string of the molecule is CCCCCCN1CCCCCC1Cc1ccc(Cl)cc1. The van der Waals surface area contributed by atoms with Crippen LogP contribution in [0.5, 0.6) is 0 Å². The van der Waals surface area contributed by atoms with E-state index in [1.807, 2.05) is 12.1 Å². The van der Waals surface area contributed by atoms with Gasteiger partial charge in [0, 0.05) is 11.1 Å². The van der Waals surface area contributed by atoms with Crippen LogP contribution < -0.4 is 0 Å². The van der Waals surface area contributed by atoms with Gasteiger partial charge in [0.1, 0.15) is 0 Å². The van der Waals surface area contributed by atoms with Crippen molar-refractivity contribution >= 4 is 11.6 Å². The molecular weight excluding hydrogens is 278 g/mol. The quantitative estimate of drug-likeness (QED) is 0.583. The molecule has 1 heterocycles. The van der Waals surface area contributed by atoms with Gasteiger partial charge >= 0.3 is 0 Å². The van der Waals surface area contributed by atoms with Gasteiger partial charge in [-0.3, -0.25) is 0 Å². The van der Waals surface area contributed by atoms with Crippen LogP contribution in [-0.2, 0) is 6.42 Å². The standard InChI is InChI=1S/C19H30ClN/c1-2-3-4-7-14-21-15-8-5-6-9-19(21)16-17-10-12-18(20)13-11-17/h10-13,19H,2-9,14-16H2,1H3. The molecule has 1 atom stereocenters. The third kappa shape index (κ3) is 6.00. The van der Waals surface area contributed by atoms with Gasteiger partial charge in [-0.25, -0.2) is 0 Å². The zero-order valence-electron chi connectivity index (χ0n) is 13.5. The Kier molecular flexibility index (Phi) is 7.60. The largest absolute Gasteiger partial charge is 0.300 e. The maximum atomic E-state index is 6.00. The molecule has 0 N–H and O–H groups in total. The second kappa shape index (κ2) is 9.48. The Hall–Kier alpha value is -0.530. The van der Waals surface area contributed by atoms with Crippen LogP contribution >= 0.6 is 11.6 Å². The summed E-state index contributed by atoms with van der Waals surface area (Å²) in [6.07, 6.45) is 12.2. The summed E-state index contributed by atoms with van der Waals surface area (Å²) < 4.78 is 0. The van der Waals surface area contributed by atoms with Crippen molar-refractivity contribution in [2.75, 3.05) is 13.1 Å². The van der Waals surface area contributed by atoms with Crippen molar-refractivity contribution in [1.82, 2.24) is 4.90 Å². The Bertz CT molecular complexity index is 387. The van der Waals surface area contributed by atoms with E-state index in [1.165, 1.54) is 76.4 Å². The van der Waals surface area contributed by atoms with Gasteiger partial charge in [0.25, 0.3) is 0 Å². The first-order chi connectivity index (χ1) is 10.3. The highest BCUT2D eigenvalue weighted by molar-refractivity contribution is 6.30. The average molecular weight is 308 g/mol. The number of hydrogen-bond donors (Lipinski definition) is 0. The fourth-order valence-corrected chi connectivity index (χ4v) is 3.52. The molecule has 1 aliphatic heterocycles. The number of rotatable bonds is 7. The molecule has 0 radical (unpaired) electrons. The summed E-state index contributed by atoms with van der Waals surface area (Å²) in [6.45, 7) is 4.87. The van der Waals surface area contributed by atoms with Crippen LogP contribution in [0.15, 0.2) is 24.3 Å². The first-order valence-electron chi connectivity index (χ1n) is 8.78. The predicted octanol–water partition coefficient (Wildman–Crippen LogP) is 5.71. The van der Waals surface area contributed by atoms with E-state index in [2.05, 4.69) is 24.0 Å². The number of nitrogens with zero attached hydrogens (tertiary/aromatic N) is 1. The lowest BCUT2D eigenvalue weighted by Gasteiger charge is -2.30. The first kappa shape index (κ1) is 16.8. The lowest BCUT2D eigenvalue weighted by atomic mass is 10.0. The van der Waals surface area contributed by atoms with Gasteiger partial charge in [0.2, 0.25) is 0 Å².